The fraction of sp³-hybridized carbons (Fsp3) is 0.643. The molecule has 0 aliphatic heterocycles. The van der Waals surface area contributed by atoms with Gasteiger partial charge in [-0.3, -0.25) is 0 Å². The molecule has 0 aliphatic carbocycles. The monoisotopic (exact) mass is 236 g/mol. The SMILES string of the molecule is CC(C)Oc1cccnc1NCCC(C)(C)C. The van der Waals surface area contributed by atoms with E-state index in [9.17, 15) is 0 Å². The molecular weight excluding hydrogens is 212 g/mol. The van der Waals surface area contributed by atoms with Crippen LogP contribution < -0.4 is 10.1 Å². The van der Waals surface area contributed by atoms with Crippen LogP contribution in [0.3, 0.4) is 0 Å². The first-order valence-electron chi connectivity index (χ1n) is 6.24. The molecule has 0 aromatic carbocycles. The largest absolute Gasteiger partial charge is 0.487 e. The van der Waals surface area contributed by atoms with Crippen LogP contribution in [0.1, 0.15) is 41.0 Å². The lowest BCUT2D eigenvalue weighted by Crippen LogP contribution is -2.15. The van der Waals surface area contributed by atoms with Crippen molar-refractivity contribution in [3.8, 4) is 5.75 Å². The number of ether oxygens (including phenoxy) is 1. The third-order valence-corrected chi connectivity index (χ3v) is 2.30. The van der Waals surface area contributed by atoms with Gasteiger partial charge in [0.1, 0.15) is 0 Å². The van der Waals surface area contributed by atoms with Crippen molar-refractivity contribution >= 4 is 5.82 Å². The molecule has 0 radical (unpaired) electrons. The summed E-state index contributed by atoms with van der Waals surface area (Å²) in [5, 5.41) is 3.34. The van der Waals surface area contributed by atoms with Crippen LogP contribution >= 0.6 is 0 Å². The van der Waals surface area contributed by atoms with E-state index in [0.717, 1.165) is 24.5 Å². The van der Waals surface area contributed by atoms with E-state index in [4.69, 9.17) is 4.74 Å². The summed E-state index contributed by atoms with van der Waals surface area (Å²) in [6.45, 7) is 11.7. The van der Waals surface area contributed by atoms with Gasteiger partial charge < -0.3 is 10.1 Å². The third kappa shape index (κ3) is 5.57. The minimum Gasteiger partial charge on any atom is -0.487 e. The van der Waals surface area contributed by atoms with Gasteiger partial charge in [0.25, 0.3) is 0 Å². The molecule has 17 heavy (non-hydrogen) atoms. The topological polar surface area (TPSA) is 34.1 Å². The molecule has 3 nitrogen and oxygen atoms in total. The van der Waals surface area contributed by atoms with Gasteiger partial charge in [0.05, 0.1) is 6.10 Å². The molecule has 0 bridgehead atoms. The van der Waals surface area contributed by atoms with E-state index in [1.165, 1.54) is 0 Å². The summed E-state index contributed by atoms with van der Waals surface area (Å²) in [7, 11) is 0. The summed E-state index contributed by atoms with van der Waals surface area (Å²) >= 11 is 0. The van der Waals surface area contributed by atoms with Crippen LogP contribution in [0.4, 0.5) is 5.82 Å². The van der Waals surface area contributed by atoms with Gasteiger partial charge in [-0.2, -0.15) is 0 Å². The summed E-state index contributed by atoms with van der Waals surface area (Å²) < 4.78 is 5.70. The summed E-state index contributed by atoms with van der Waals surface area (Å²) in [5.74, 6) is 1.67. The van der Waals surface area contributed by atoms with Crippen molar-refractivity contribution in [2.24, 2.45) is 5.41 Å². The second-order valence-electron chi connectivity index (χ2n) is 5.75. The van der Waals surface area contributed by atoms with Gasteiger partial charge >= 0.3 is 0 Å². The molecule has 0 aliphatic rings. The molecule has 1 aromatic rings. The normalized spacial score (nSPS) is 11.6. The van der Waals surface area contributed by atoms with Crippen molar-refractivity contribution < 1.29 is 4.74 Å². The van der Waals surface area contributed by atoms with E-state index in [0.29, 0.717) is 5.41 Å². The van der Waals surface area contributed by atoms with Crippen molar-refractivity contribution in [2.75, 3.05) is 11.9 Å². The molecule has 1 heterocycles. The lowest BCUT2D eigenvalue weighted by atomic mass is 9.92. The molecule has 0 fully saturated rings. The van der Waals surface area contributed by atoms with Crippen molar-refractivity contribution in [1.29, 1.82) is 0 Å². The summed E-state index contributed by atoms with van der Waals surface area (Å²) in [6.07, 6.45) is 3.06. The Labute approximate surface area is 105 Å². The minimum atomic E-state index is 0.169. The Morgan fingerprint density at radius 1 is 1.35 bits per heavy atom. The predicted octanol–water partition coefficient (Wildman–Crippen LogP) is 3.72. The molecule has 0 amide bonds. The first-order chi connectivity index (χ1) is 7.88. The molecular formula is C14H24N2O. The average Bonchev–Trinajstić information content (AvgIpc) is 2.18. The Hall–Kier alpha value is -1.25. The highest BCUT2D eigenvalue weighted by Gasteiger charge is 2.11. The van der Waals surface area contributed by atoms with Gasteiger partial charge in [-0.05, 0) is 37.8 Å². The van der Waals surface area contributed by atoms with E-state index in [2.05, 4.69) is 31.1 Å². The fourth-order valence-electron chi connectivity index (χ4n) is 1.43. The number of hydrogen-bond donors (Lipinski definition) is 1. The number of aromatic nitrogens is 1. The summed E-state index contributed by atoms with van der Waals surface area (Å²) in [5.41, 5.74) is 0.334. The highest BCUT2D eigenvalue weighted by atomic mass is 16.5. The second kappa shape index (κ2) is 5.89. The van der Waals surface area contributed by atoms with Crippen molar-refractivity contribution in [3.63, 3.8) is 0 Å². The molecule has 0 unspecified atom stereocenters. The zero-order chi connectivity index (χ0) is 12.9. The molecule has 1 rings (SSSR count). The maximum absolute atomic E-state index is 5.70. The van der Waals surface area contributed by atoms with E-state index in [-0.39, 0.29) is 6.10 Å². The summed E-state index contributed by atoms with van der Waals surface area (Å²) in [4.78, 5) is 4.32. The van der Waals surface area contributed by atoms with E-state index >= 15 is 0 Å². The van der Waals surface area contributed by atoms with Crippen LogP contribution in [0.15, 0.2) is 18.3 Å². The molecule has 1 aromatic heterocycles. The van der Waals surface area contributed by atoms with Gasteiger partial charge in [-0.15, -0.1) is 0 Å². The third-order valence-electron chi connectivity index (χ3n) is 2.30. The maximum atomic E-state index is 5.70. The molecule has 1 N–H and O–H groups in total. The average molecular weight is 236 g/mol. The Bertz CT molecular complexity index is 342. The van der Waals surface area contributed by atoms with Crippen molar-refractivity contribution in [2.45, 2.75) is 47.1 Å². The lowest BCUT2D eigenvalue weighted by molar-refractivity contribution is 0.242. The van der Waals surface area contributed by atoms with Gasteiger partial charge in [-0.1, -0.05) is 20.8 Å². The van der Waals surface area contributed by atoms with E-state index in [1.807, 2.05) is 26.0 Å². The van der Waals surface area contributed by atoms with Crippen LogP contribution in [-0.2, 0) is 0 Å². The number of pyridine rings is 1. The first kappa shape index (κ1) is 13.8. The van der Waals surface area contributed by atoms with Crippen LogP contribution in [0.5, 0.6) is 5.75 Å². The van der Waals surface area contributed by atoms with Crippen LogP contribution in [0, 0.1) is 5.41 Å². The molecule has 0 spiro atoms. The van der Waals surface area contributed by atoms with Gasteiger partial charge in [0, 0.05) is 12.7 Å². The molecule has 0 atom stereocenters. The molecule has 0 saturated carbocycles. The smallest absolute Gasteiger partial charge is 0.168 e. The maximum Gasteiger partial charge on any atom is 0.168 e. The Kier molecular flexibility index (Phi) is 4.79. The minimum absolute atomic E-state index is 0.169. The zero-order valence-electron chi connectivity index (χ0n) is 11.6. The zero-order valence-corrected chi connectivity index (χ0v) is 11.6. The van der Waals surface area contributed by atoms with Crippen LogP contribution in [-0.4, -0.2) is 17.6 Å². The van der Waals surface area contributed by atoms with E-state index < -0.39 is 0 Å². The van der Waals surface area contributed by atoms with Crippen LogP contribution in [0.2, 0.25) is 0 Å². The number of hydrogen-bond acceptors (Lipinski definition) is 3. The van der Waals surface area contributed by atoms with Gasteiger partial charge in [-0.25, -0.2) is 4.98 Å². The molecule has 0 saturated heterocycles. The quantitative estimate of drug-likeness (QED) is 0.846. The van der Waals surface area contributed by atoms with Crippen LogP contribution in [0.25, 0.3) is 0 Å². The number of rotatable bonds is 5. The number of nitrogens with zero attached hydrogens (tertiary/aromatic N) is 1. The van der Waals surface area contributed by atoms with E-state index in [1.54, 1.807) is 6.20 Å². The van der Waals surface area contributed by atoms with Gasteiger partial charge in [0.2, 0.25) is 0 Å². The Balaban J connectivity index is 2.58. The summed E-state index contributed by atoms with van der Waals surface area (Å²) in [6, 6.07) is 3.85. The highest BCUT2D eigenvalue weighted by molar-refractivity contribution is 5.49. The lowest BCUT2D eigenvalue weighted by Gasteiger charge is -2.19. The second-order valence-corrected chi connectivity index (χ2v) is 5.75. The van der Waals surface area contributed by atoms with Crippen molar-refractivity contribution in [1.82, 2.24) is 4.98 Å². The predicted molar refractivity (Wildman–Crippen MR) is 72.6 cm³/mol. The molecule has 96 valence electrons. The number of nitrogens with one attached hydrogen (secondary N) is 1. The highest BCUT2D eigenvalue weighted by Crippen LogP contribution is 2.23. The number of anilines is 1. The van der Waals surface area contributed by atoms with Gasteiger partial charge in [0.15, 0.2) is 11.6 Å². The van der Waals surface area contributed by atoms with Crippen molar-refractivity contribution in [3.05, 3.63) is 18.3 Å². The Morgan fingerprint density at radius 2 is 2.06 bits per heavy atom. The standard InChI is InChI=1S/C14H24N2O/c1-11(2)17-12-7-6-9-15-13(12)16-10-8-14(3,4)5/h6-7,9,11H,8,10H2,1-5H3,(H,15,16). The molecule has 3 heteroatoms. The first-order valence-corrected chi connectivity index (χ1v) is 6.24. The Morgan fingerprint density at radius 3 is 2.65 bits per heavy atom. The fourth-order valence-corrected chi connectivity index (χ4v) is 1.43.